The molecule has 3 nitrogen and oxygen atoms in total. The van der Waals surface area contributed by atoms with E-state index in [2.05, 4.69) is 51.0 Å². The molecule has 108 valence electrons. The van der Waals surface area contributed by atoms with E-state index < -0.39 is 0 Å². The van der Waals surface area contributed by atoms with E-state index in [9.17, 15) is 0 Å². The summed E-state index contributed by atoms with van der Waals surface area (Å²) in [7, 11) is 0. The molecule has 0 aliphatic rings. The zero-order valence-corrected chi connectivity index (χ0v) is 13.0. The molecule has 0 atom stereocenters. The molecular formula is C16H28N2O. The highest BCUT2D eigenvalue weighted by Gasteiger charge is 2.21. The molecule has 1 heterocycles. The number of nitrogens with one attached hydrogen (secondary N) is 1. The molecule has 0 aliphatic heterocycles. The van der Waals surface area contributed by atoms with Crippen LogP contribution >= 0.6 is 0 Å². The predicted molar refractivity (Wildman–Crippen MR) is 80.8 cm³/mol. The average molecular weight is 264 g/mol. The third-order valence-electron chi connectivity index (χ3n) is 3.27. The minimum absolute atomic E-state index is 0.112. The second-order valence-electron chi connectivity index (χ2n) is 6.00. The van der Waals surface area contributed by atoms with E-state index in [0.29, 0.717) is 6.04 Å². The highest BCUT2D eigenvalue weighted by molar-refractivity contribution is 5.29. The van der Waals surface area contributed by atoms with Crippen LogP contribution in [-0.4, -0.2) is 24.2 Å². The molecule has 0 saturated heterocycles. The number of rotatable bonds is 8. The first kappa shape index (κ1) is 16.0. The topological polar surface area (TPSA) is 34.1 Å². The maximum atomic E-state index is 5.66. The lowest BCUT2D eigenvalue weighted by Gasteiger charge is -2.26. The van der Waals surface area contributed by atoms with Gasteiger partial charge in [0.2, 0.25) is 0 Å². The Balaban J connectivity index is 2.65. The summed E-state index contributed by atoms with van der Waals surface area (Å²) in [5.41, 5.74) is 1.35. The Labute approximate surface area is 117 Å². The van der Waals surface area contributed by atoms with Gasteiger partial charge in [-0.2, -0.15) is 0 Å². The summed E-state index contributed by atoms with van der Waals surface area (Å²) in [5.74, 6) is 0.879. The molecule has 0 unspecified atom stereocenters. The summed E-state index contributed by atoms with van der Waals surface area (Å²) in [4.78, 5) is 4.30. The number of hydrogen-bond donors (Lipinski definition) is 1. The van der Waals surface area contributed by atoms with E-state index in [1.54, 1.807) is 6.20 Å². The van der Waals surface area contributed by atoms with E-state index >= 15 is 0 Å². The highest BCUT2D eigenvalue weighted by Crippen LogP contribution is 2.28. The fraction of sp³-hybridized carbons (Fsp3) is 0.688. The van der Waals surface area contributed by atoms with E-state index in [-0.39, 0.29) is 5.41 Å². The standard InChI is InChI=1S/C16H28N2O/c1-6-9-19-15-10-14(11-17-12-15)16(4,5)7-8-18-13(2)3/h10-13,18H,6-9H2,1-5H3. The molecule has 0 amide bonds. The molecule has 0 radical (unpaired) electrons. The van der Waals surface area contributed by atoms with Crippen LogP contribution < -0.4 is 10.1 Å². The molecule has 0 bridgehead atoms. The summed E-state index contributed by atoms with van der Waals surface area (Å²) in [6.07, 6.45) is 5.85. The lowest BCUT2D eigenvalue weighted by Crippen LogP contribution is -2.29. The van der Waals surface area contributed by atoms with Crippen molar-refractivity contribution in [3.8, 4) is 5.75 Å². The number of hydrogen-bond acceptors (Lipinski definition) is 3. The molecule has 1 N–H and O–H groups in total. The summed E-state index contributed by atoms with van der Waals surface area (Å²) in [6, 6.07) is 2.66. The molecule has 19 heavy (non-hydrogen) atoms. The normalized spacial score (nSPS) is 11.9. The lowest BCUT2D eigenvalue weighted by molar-refractivity contribution is 0.314. The molecule has 0 fully saturated rings. The monoisotopic (exact) mass is 264 g/mol. The Morgan fingerprint density at radius 1 is 1.32 bits per heavy atom. The van der Waals surface area contributed by atoms with Crippen molar-refractivity contribution < 1.29 is 4.74 Å². The van der Waals surface area contributed by atoms with Crippen molar-refractivity contribution in [2.75, 3.05) is 13.2 Å². The summed E-state index contributed by atoms with van der Waals surface area (Å²) < 4.78 is 5.66. The first-order valence-electron chi connectivity index (χ1n) is 7.27. The third kappa shape index (κ3) is 5.60. The van der Waals surface area contributed by atoms with Crippen LogP contribution in [0.4, 0.5) is 0 Å². The Kier molecular flexibility index (Phi) is 6.29. The van der Waals surface area contributed by atoms with E-state index in [4.69, 9.17) is 4.74 Å². The number of nitrogens with zero attached hydrogens (tertiary/aromatic N) is 1. The number of ether oxygens (including phenoxy) is 1. The molecular weight excluding hydrogens is 236 g/mol. The summed E-state index contributed by atoms with van der Waals surface area (Å²) in [6.45, 7) is 12.7. The van der Waals surface area contributed by atoms with Crippen molar-refractivity contribution in [3.05, 3.63) is 24.0 Å². The van der Waals surface area contributed by atoms with Gasteiger partial charge in [-0.3, -0.25) is 4.98 Å². The van der Waals surface area contributed by atoms with Crippen molar-refractivity contribution >= 4 is 0 Å². The van der Waals surface area contributed by atoms with Crippen LogP contribution in [0.3, 0.4) is 0 Å². The van der Waals surface area contributed by atoms with Gasteiger partial charge in [0.25, 0.3) is 0 Å². The molecule has 1 rings (SSSR count). The second-order valence-corrected chi connectivity index (χ2v) is 6.00. The van der Waals surface area contributed by atoms with E-state index in [0.717, 1.165) is 31.7 Å². The van der Waals surface area contributed by atoms with Crippen LogP contribution in [0.25, 0.3) is 0 Å². The number of pyridine rings is 1. The Hall–Kier alpha value is -1.09. The van der Waals surface area contributed by atoms with Gasteiger partial charge in [0.1, 0.15) is 5.75 Å². The first-order chi connectivity index (χ1) is 8.95. The van der Waals surface area contributed by atoms with E-state index in [1.165, 1.54) is 5.56 Å². The highest BCUT2D eigenvalue weighted by atomic mass is 16.5. The van der Waals surface area contributed by atoms with Crippen molar-refractivity contribution in [1.82, 2.24) is 10.3 Å². The molecule has 0 saturated carbocycles. The molecule has 0 aliphatic carbocycles. The zero-order valence-electron chi connectivity index (χ0n) is 13.0. The van der Waals surface area contributed by atoms with Crippen molar-refractivity contribution in [1.29, 1.82) is 0 Å². The second kappa shape index (κ2) is 7.49. The average Bonchev–Trinajstić information content (AvgIpc) is 2.36. The minimum Gasteiger partial charge on any atom is -0.492 e. The number of aromatic nitrogens is 1. The zero-order chi connectivity index (χ0) is 14.3. The van der Waals surface area contributed by atoms with Gasteiger partial charge in [-0.1, -0.05) is 34.6 Å². The Bertz CT molecular complexity index is 375. The molecule has 1 aromatic heterocycles. The van der Waals surface area contributed by atoms with Crippen molar-refractivity contribution in [3.63, 3.8) is 0 Å². The molecule has 3 heteroatoms. The fourth-order valence-electron chi connectivity index (χ4n) is 1.91. The SMILES string of the molecule is CCCOc1cncc(C(C)(C)CCNC(C)C)c1. The van der Waals surface area contributed by atoms with Crippen LogP contribution in [0.15, 0.2) is 18.5 Å². The Morgan fingerprint density at radius 2 is 2.05 bits per heavy atom. The van der Waals surface area contributed by atoms with Crippen molar-refractivity contribution in [2.45, 2.75) is 58.9 Å². The Morgan fingerprint density at radius 3 is 2.68 bits per heavy atom. The van der Waals surface area contributed by atoms with Gasteiger partial charge in [0, 0.05) is 12.2 Å². The van der Waals surface area contributed by atoms with Gasteiger partial charge < -0.3 is 10.1 Å². The van der Waals surface area contributed by atoms with E-state index in [1.807, 2.05) is 6.20 Å². The maximum absolute atomic E-state index is 5.66. The van der Waals surface area contributed by atoms with Crippen LogP contribution in [0.5, 0.6) is 5.75 Å². The maximum Gasteiger partial charge on any atom is 0.137 e. The third-order valence-corrected chi connectivity index (χ3v) is 3.27. The largest absolute Gasteiger partial charge is 0.492 e. The molecule has 0 aromatic carbocycles. The molecule has 1 aromatic rings. The lowest BCUT2D eigenvalue weighted by atomic mass is 9.82. The molecule has 0 spiro atoms. The van der Waals surface area contributed by atoms with Gasteiger partial charge in [-0.15, -0.1) is 0 Å². The summed E-state index contributed by atoms with van der Waals surface area (Å²) >= 11 is 0. The van der Waals surface area contributed by atoms with Crippen LogP contribution in [0, 0.1) is 0 Å². The van der Waals surface area contributed by atoms with Crippen molar-refractivity contribution in [2.24, 2.45) is 0 Å². The van der Waals surface area contributed by atoms with Gasteiger partial charge in [0.15, 0.2) is 0 Å². The van der Waals surface area contributed by atoms with Crippen LogP contribution in [0.2, 0.25) is 0 Å². The van der Waals surface area contributed by atoms with Crippen LogP contribution in [0.1, 0.15) is 53.0 Å². The van der Waals surface area contributed by atoms with Gasteiger partial charge >= 0.3 is 0 Å². The first-order valence-corrected chi connectivity index (χ1v) is 7.27. The minimum atomic E-state index is 0.112. The van der Waals surface area contributed by atoms with Crippen LogP contribution in [-0.2, 0) is 5.41 Å². The smallest absolute Gasteiger partial charge is 0.137 e. The van der Waals surface area contributed by atoms with Gasteiger partial charge in [-0.05, 0) is 36.4 Å². The van der Waals surface area contributed by atoms with Gasteiger partial charge in [0.05, 0.1) is 12.8 Å². The quantitative estimate of drug-likeness (QED) is 0.780. The predicted octanol–water partition coefficient (Wildman–Crippen LogP) is 3.54. The fourth-order valence-corrected chi connectivity index (χ4v) is 1.91. The van der Waals surface area contributed by atoms with Gasteiger partial charge in [-0.25, -0.2) is 0 Å². The summed E-state index contributed by atoms with van der Waals surface area (Å²) in [5, 5.41) is 3.47.